The van der Waals surface area contributed by atoms with Gasteiger partial charge in [-0.1, -0.05) is 11.6 Å². The van der Waals surface area contributed by atoms with E-state index in [1.165, 1.54) is 35.9 Å². The molecule has 0 saturated carbocycles. The summed E-state index contributed by atoms with van der Waals surface area (Å²) < 4.78 is 45.3. The Balaban J connectivity index is 1.68. The number of nitrogens with one attached hydrogen (secondary N) is 1. The lowest BCUT2D eigenvalue weighted by Crippen LogP contribution is -2.21. The lowest BCUT2D eigenvalue weighted by atomic mass is 10.2. The molecule has 6 nitrogen and oxygen atoms in total. The van der Waals surface area contributed by atoms with Gasteiger partial charge in [-0.3, -0.25) is 4.79 Å². The van der Waals surface area contributed by atoms with Gasteiger partial charge in [0.1, 0.15) is 16.5 Å². The van der Waals surface area contributed by atoms with Crippen molar-refractivity contribution in [2.24, 2.45) is 0 Å². The molecule has 0 radical (unpaired) electrons. The average Bonchev–Trinajstić information content (AvgIpc) is 2.98. The van der Waals surface area contributed by atoms with Crippen LogP contribution in [0.3, 0.4) is 0 Å². The van der Waals surface area contributed by atoms with Crippen LogP contribution in [0, 0.1) is 24.4 Å². The van der Waals surface area contributed by atoms with Crippen LogP contribution < -0.4 is 5.32 Å². The number of carbonyl (C=O) groups is 2. The van der Waals surface area contributed by atoms with Crippen molar-refractivity contribution in [3.05, 3.63) is 76.3 Å². The van der Waals surface area contributed by atoms with Crippen molar-refractivity contribution in [2.75, 3.05) is 11.9 Å². The lowest BCUT2D eigenvalue weighted by molar-refractivity contribution is -0.119. The zero-order chi connectivity index (χ0) is 21.1. The summed E-state index contributed by atoms with van der Waals surface area (Å²) in [4.78, 5) is 24.2. The number of anilines is 1. The van der Waals surface area contributed by atoms with Crippen molar-refractivity contribution in [1.82, 2.24) is 9.78 Å². The van der Waals surface area contributed by atoms with E-state index in [1.54, 1.807) is 0 Å². The number of carbonyl (C=O) groups excluding carboxylic acids is 2. The highest BCUT2D eigenvalue weighted by atomic mass is 35.5. The summed E-state index contributed by atoms with van der Waals surface area (Å²) in [7, 11) is 0. The molecule has 0 unspecified atom stereocenters. The molecule has 0 bridgehead atoms. The molecule has 0 atom stereocenters. The lowest BCUT2D eigenvalue weighted by Gasteiger charge is -2.07. The standard InChI is InChI=1S/C19H13ClF3N3O3/c1-10-17(18(20)26(25-10)13-5-2-11(21)3-6-13)19(28)29-9-16(27)24-12-4-7-14(22)15(23)8-12/h2-8H,9H2,1H3,(H,24,27). The normalized spacial score (nSPS) is 10.7. The molecule has 29 heavy (non-hydrogen) atoms. The fourth-order valence-corrected chi connectivity index (χ4v) is 2.81. The maximum absolute atomic E-state index is 13.2. The van der Waals surface area contributed by atoms with Crippen LogP contribution in [-0.4, -0.2) is 28.3 Å². The monoisotopic (exact) mass is 423 g/mol. The van der Waals surface area contributed by atoms with Crippen molar-refractivity contribution in [2.45, 2.75) is 6.92 Å². The molecular weight excluding hydrogens is 411 g/mol. The van der Waals surface area contributed by atoms with Crippen LogP contribution in [0.5, 0.6) is 0 Å². The van der Waals surface area contributed by atoms with Gasteiger partial charge in [0.05, 0.1) is 11.4 Å². The molecule has 0 aliphatic carbocycles. The van der Waals surface area contributed by atoms with Crippen LogP contribution in [0.15, 0.2) is 42.5 Å². The van der Waals surface area contributed by atoms with E-state index in [-0.39, 0.29) is 22.1 Å². The van der Waals surface area contributed by atoms with Gasteiger partial charge in [0, 0.05) is 11.8 Å². The summed E-state index contributed by atoms with van der Waals surface area (Å²) in [6.45, 7) is 0.833. The quantitative estimate of drug-likeness (QED) is 0.628. The van der Waals surface area contributed by atoms with Gasteiger partial charge in [0.25, 0.3) is 5.91 Å². The van der Waals surface area contributed by atoms with E-state index in [4.69, 9.17) is 16.3 Å². The SMILES string of the molecule is Cc1nn(-c2ccc(F)cc2)c(Cl)c1C(=O)OCC(=O)Nc1ccc(F)c(F)c1. The maximum Gasteiger partial charge on any atom is 0.343 e. The van der Waals surface area contributed by atoms with E-state index >= 15 is 0 Å². The third-order valence-corrected chi connectivity index (χ3v) is 4.17. The zero-order valence-corrected chi connectivity index (χ0v) is 15.6. The molecule has 0 spiro atoms. The number of benzene rings is 2. The Morgan fingerprint density at radius 2 is 1.79 bits per heavy atom. The van der Waals surface area contributed by atoms with E-state index < -0.39 is 35.9 Å². The van der Waals surface area contributed by atoms with Crippen LogP contribution >= 0.6 is 11.6 Å². The van der Waals surface area contributed by atoms with Crippen molar-refractivity contribution in [3.63, 3.8) is 0 Å². The van der Waals surface area contributed by atoms with Crippen LogP contribution in [0.1, 0.15) is 16.1 Å². The molecule has 150 valence electrons. The molecule has 0 aliphatic heterocycles. The van der Waals surface area contributed by atoms with Crippen LogP contribution in [0.25, 0.3) is 5.69 Å². The fourth-order valence-electron chi connectivity index (χ4n) is 2.46. The summed E-state index contributed by atoms with van der Waals surface area (Å²) in [5.74, 6) is -4.29. The third kappa shape index (κ3) is 4.57. The predicted molar refractivity (Wildman–Crippen MR) is 98.5 cm³/mol. The first-order chi connectivity index (χ1) is 13.8. The van der Waals surface area contributed by atoms with Gasteiger partial charge < -0.3 is 10.1 Å². The van der Waals surface area contributed by atoms with Gasteiger partial charge in [0.2, 0.25) is 0 Å². The minimum absolute atomic E-state index is 0.00305. The largest absolute Gasteiger partial charge is 0.452 e. The van der Waals surface area contributed by atoms with E-state index in [2.05, 4.69) is 10.4 Å². The Labute approximate surface area is 167 Å². The number of rotatable bonds is 5. The van der Waals surface area contributed by atoms with Crippen LogP contribution in [0.4, 0.5) is 18.9 Å². The number of aryl methyl sites for hydroxylation is 1. The Morgan fingerprint density at radius 3 is 2.45 bits per heavy atom. The summed E-state index contributed by atoms with van der Waals surface area (Å²) in [6.07, 6.45) is 0. The van der Waals surface area contributed by atoms with Crippen molar-refractivity contribution in [1.29, 1.82) is 0 Å². The molecule has 1 heterocycles. The predicted octanol–water partition coefficient (Wildman–Crippen LogP) is 4.05. The number of aromatic nitrogens is 2. The minimum atomic E-state index is -1.13. The minimum Gasteiger partial charge on any atom is -0.452 e. The third-order valence-electron chi connectivity index (χ3n) is 3.82. The highest BCUT2D eigenvalue weighted by Crippen LogP contribution is 2.24. The average molecular weight is 424 g/mol. The number of hydrogen-bond acceptors (Lipinski definition) is 4. The smallest absolute Gasteiger partial charge is 0.343 e. The molecule has 0 fully saturated rings. The summed E-state index contributed by atoms with van der Waals surface area (Å²) in [5, 5.41) is 6.33. The first-order valence-corrected chi connectivity index (χ1v) is 8.57. The van der Waals surface area contributed by atoms with Crippen molar-refractivity contribution < 1.29 is 27.5 Å². The molecule has 1 N–H and O–H groups in total. The van der Waals surface area contributed by atoms with Gasteiger partial charge in [0.15, 0.2) is 18.2 Å². The molecule has 0 saturated heterocycles. The highest BCUT2D eigenvalue weighted by molar-refractivity contribution is 6.33. The molecule has 3 aromatic rings. The van der Waals surface area contributed by atoms with E-state index in [0.717, 1.165) is 18.2 Å². The summed E-state index contributed by atoms with van der Waals surface area (Å²) >= 11 is 6.20. The first-order valence-electron chi connectivity index (χ1n) is 8.19. The van der Waals surface area contributed by atoms with Crippen molar-refractivity contribution >= 4 is 29.2 Å². The molecule has 2 aromatic carbocycles. The van der Waals surface area contributed by atoms with Crippen molar-refractivity contribution in [3.8, 4) is 5.69 Å². The molecule has 0 aliphatic rings. The van der Waals surface area contributed by atoms with Gasteiger partial charge in [-0.25, -0.2) is 22.6 Å². The molecule has 3 rings (SSSR count). The maximum atomic E-state index is 13.2. The number of esters is 1. The summed E-state index contributed by atoms with van der Waals surface area (Å²) in [6, 6.07) is 8.08. The number of ether oxygens (including phenoxy) is 1. The molecule has 1 aromatic heterocycles. The van der Waals surface area contributed by atoms with Crippen LogP contribution in [0.2, 0.25) is 5.15 Å². The second-order valence-corrected chi connectivity index (χ2v) is 6.25. The van der Waals surface area contributed by atoms with Crippen LogP contribution in [-0.2, 0) is 9.53 Å². The second kappa shape index (κ2) is 8.36. The van der Waals surface area contributed by atoms with E-state index in [1.807, 2.05) is 0 Å². The molecule has 10 heteroatoms. The topological polar surface area (TPSA) is 73.2 Å². The summed E-state index contributed by atoms with van der Waals surface area (Å²) in [5.41, 5.74) is 0.611. The number of nitrogens with zero attached hydrogens (tertiary/aromatic N) is 2. The molecule has 1 amide bonds. The number of halogens is 4. The van der Waals surface area contributed by atoms with Gasteiger partial charge in [-0.15, -0.1) is 0 Å². The second-order valence-electron chi connectivity index (χ2n) is 5.89. The van der Waals surface area contributed by atoms with Gasteiger partial charge in [-0.2, -0.15) is 5.10 Å². The number of amides is 1. The fraction of sp³-hybridized carbons (Fsp3) is 0.105. The molecular formula is C19H13ClF3N3O3. The Hall–Kier alpha value is -3.33. The highest BCUT2D eigenvalue weighted by Gasteiger charge is 2.23. The van der Waals surface area contributed by atoms with Gasteiger partial charge in [-0.05, 0) is 43.3 Å². The van der Waals surface area contributed by atoms with E-state index in [9.17, 15) is 22.8 Å². The number of hydrogen-bond donors (Lipinski definition) is 1. The van der Waals surface area contributed by atoms with Gasteiger partial charge >= 0.3 is 5.97 Å². The Kier molecular flexibility index (Phi) is 5.88. The Bertz CT molecular complexity index is 1080. The zero-order valence-electron chi connectivity index (χ0n) is 14.9. The van der Waals surface area contributed by atoms with E-state index in [0.29, 0.717) is 5.69 Å². The Morgan fingerprint density at radius 1 is 1.10 bits per heavy atom. The first kappa shape index (κ1) is 20.4.